The molecule has 0 bridgehead atoms. The van der Waals surface area contributed by atoms with Gasteiger partial charge in [0.25, 0.3) is 11.1 Å². The maximum atomic E-state index is 12.7. The van der Waals surface area contributed by atoms with Crippen LogP contribution in [0.5, 0.6) is 0 Å². The van der Waals surface area contributed by atoms with Crippen LogP contribution in [0.2, 0.25) is 0 Å². The van der Waals surface area contributed by atoms with Crippen LogP contribution in [0.1, 0.15) is 16.7 Å². The van der Waals surface area contributed by atoms with Crippen molar-refractivity contribution in [2.75, 3.05) is 0 Å². The zero-order chi connectivity index (χ0) is 20.6. The Morgan fingerprint density at radius 3 is 2.28 bits per heavy atom. The Morgan fingerprint density at radius 1 is 0.897 bits per heavy atom. The number of imide groups is 1. The number of fused-ring (bicyclic) bond motifs is 1. The zero-order valence-electron chi connectivity index (χ0n) is 14.9. The number of carbonyl (C=O) groups excluding carboxylic acids is 2. The van der Waals surface area contributed by atoms with Gasteiger partial charge in [0, 0.05) is 0 Å². The second-order valence-electron chi connectivity index (χ2n) is 6.57. The summed E-state index contributed by atoms with van der Waals surface area (Å²) in [6.45, 7) is 0.139. The number of thioether (sulfide) groups is 1. The third kappa shape index (κ3) is 4.05. The number of benzene rings is 3. The first-order valence-electron chi connectivity index (χ1n) is 8.71. The number of alkyl halides is 3. The number of nitrogens with zero attached hydrogens (tertiary/aromatic N) is 1. The van der Waals surface area contributed by atoms with Gasteiger partial charge in [-0.2, -0.15) is 13.2 Å². The average molecular weight is 413 g/mol. The van der Waals surface area contributed by atoms with Crippen molar-refractivity contribution in [2.45, 2.75) is 12.7 Å². The van der Waals surface area contributed by atoms with E-state index in [0.717, 1.165) is 45.1 Å². The number of amides is 2. The Labute approximate surface area is 168 Å². The molecule has 0 unspecified atom stereocenters. The van der Waals surface area contributed by atoms with Crippen LogP contribution in [0.3, 0.4) is 0 Å². The van der Waals surface area contributed by atoms with Crippen LogP contribution in [0.4, 0.5) is 18.0 Å². The summed E-state index contributed by atoms with van der Waals surface area (Å²) in [4.78, 5) is 26.3. The number of hydrogen-bond acceptors (Lipinski definition) is 3. The van der Waals surface area contributed by atoms with E-state index in [9.17, 15) is 22.8 Å². The molecule has 0 aliphatic carbocycles. The normalized spacial score (nSPS) is 16.2. The summed E-state index contributed by atoms with van der Waals surface area (Å²) >= 11 is 0.786. The summed E-state index contributed by atoms with van der Waals surface area (Å²) in [7, 11) is 0. The molecule has 1 aliphatic rings. The summed E-state index contributed by atoms with van der Waals surface area (Å²) in [5.41, 5.74) is 0.482. The van der Waals surface area contributed by atoms with Gasteiger partial charge in [0.05, 0.1) is 17.0 Å². The van der Waals surface area contributed by atoms with Gasteiger partial charge in [-0.15, -0.1) is 0 Å². The smallest absolute Gasteiger partial charge is 0.268 e. The van der Waals surface area contributed by atoms with Gasteiger partial charge >= 0.3 is 6.18 Å². The fourth-order valence-corrected chi connectivity index (χ4v) is 3.91. The van der Waals surface area contributed by atoms with E-state index in [1.807, 2.05) is 42.5 Å². The first-order chi connectivity index (χ1) is 13.8. The van der Waals surface area contributed by atoms with Crippen molar-refractivity contribution in [3.8, 4) is 0 Å². The largest absolute Gasteiger partial charge is 0.416 e. The molecule has 2 amide bonds. The van der Waals surface area contributed by atoms with E-state index in [-0.39, 0.29) is 11.4 Å². The molecule has 0 radical (unpaired) electrons. The molecule has 7 heteroatoms. The Morgan fingerprint density at radius 2 is 1.59 bits per heavy atom. The van der Waals surface area contributed by atoms with Crippen LogP contribution >= 0.6 is 11.8 Å². The third-order valence-electron chi connectivity index (χ3n) is 4.56. The first-order valence-corrected chi connectivity index (χ1v) is 9.53. The Kier molecular flexibility index (Phi) is 4.92. The maximum Gasteiger partial charge on any atom is 0.416 e. The Bertz CT molecular complexity index is 1140. The lowest BCUT2D eigenvalue weighted by atomic mass is 10.1. The highest BCUT2D eigenvalue weighted by Crippen LogP contribution is 2.34. The molecule has 146 valence electrons. The van der Waals surface area contributed by atoms with Crippen molar-refractivity contribution < 1.29 is 22.8 Å². The fraction of sp³-hybridized carbons (Fsp3) is 0.0909. The van der Waals surface area contributed by atoms with Crippen molar-refractivity contribution in [3.63, 3.8) is 0 Å². The molecule has 3 nitrogen and oxygen atoms in total. The van der Waals surface area contributed by atoms with Gasteiger partial charge < -0.3 is 0 Å². The van der Waals surface area contributed by atoms with Crippen molar-refractivity contribution in [3.05, 3.63) is 88.3 Å². The molecular weight excluding hydrogens is 399 g/mol. The van der Waals surface area contributed by atoms with E-state index in [2.05, 4.69) is 0 Å². The quantitative estimate of drug-likeness (QED) is 0.487. The van der Waals surface area contributed by atoms with Gasteiger partial charge in [0.1, 0.15) is 0 Å². The second-order valence-corrected chi connectivity index (χ2v) is 7.56. The highest BCUT2D eigenvalue weighted by molar-refractivity contribution is 8.18. The molecule has 0 atom stereocenters. The summed E-state index contributed by atoms with van der Waals surface area (Å²) in [6, 6.07) is 18.0. The molecule has 1 aliphatic heterocycles. The van der Waals surface area contributed by atoms with Crippen molar-refractivity contribution in [1.29, 1.82) is 0 Å². The SMILES string of the molecule is O=C1S/C(=C\c2ccc(C(F)(F)F)cc2)C(=O)N1Cc1ccc2ccccc2c1. The number of carbonyl (C=O) groups is 2. The lowest BCUT2D eigenvalue weighted by Crippen LogP contribution is -2.27. The summed E-state index contributed by atoms with van der Waals surface area (Å²) in [6.07, 6.45) is -2.98. The molecule has 3 aromatic carbocycles. The van der Waals surface area contributed by atoms with Gasteiger partial charge in [-0.3, -0.25) is 14.5 Å². The summed E-state index contributed by atoms with van der Waals surface area (Å²) < 4.78 is 38.0. The third-order valence-corrected chi connectivity index (χ3v) is 5.47. The van der Waals surface area contributed by atoms with E-state index in [0.29, 0.717) is 5.56 Å². The van der Waals surface area contributed by atoms with Crippen LogP contribution in [0.25, 0.3) is 16.8 Å². The summed E-state index contributed by atoms with van der Waals surface area (Å²) in [5.74, 6) is -0.451. The topological polar surface area (TPSA) is 37.4 Å². The van der Waals surface area contributed by atoms with E-state index in [1.165, 1.54) is 18.2 Å². The predicted octanol–water partition coefficient (Wildman–Crippen LogP) is 6.10. The number of rotatable bonds is 3. The minimum absolute atomic E-state index is 0.139. The van der Waals surface area contributed by atoms with Crippen LogP contribution < -0.4 is 0 Å². The number of halogens is 3. The lowest BCUT2D eigenvalue weighted by molar-refractivity contribution is -0.137. The molecule has 1 fully saturated rings. The molecule has 0 spiro atoms. The van der Waals surface area contributed by atoms with Crippen LogP contribution in [-0.2, 0) is 17.5 Å². The molecule has 29 heavy (non-hydrogen) atoms. The van der Waals surface area contributed by atoms with Crippen molar-refractivity contribution in [2.24, 2.45) is 0 Å². The minimum atomic E-state index is -4.42. The van der Waals surface area contributed by atoms with E-state index in [1.54, 1.807) is 0 Å². The molecular formula is C22H14F3NO2S. The lowest BCUT2D eigenvalue weighted by Gasteiger charge is -2.13. The molecule has 0 saturated carbocycles. The maximum absolute atomic E-state index is 12.7. The van der Waals surface area contributed by atoms with Crippen molar-refractivity contribution >= 4 is 39.8 Å². The monoisotopic (exact) mass is 413 g/mol. The average Bonchev–Trinajstić information content (AvgIpc) is 2.95. The molecule has 1 saturated heterocycles. The highest BCUT2D eigenvalue weighted by atomic mass is 32.2. The van der Waals surface area contributed by atoms with Gasteiger partial charge in [-0.05, 0) is 57.9 Å². The van der Waals surface area contributed by atoms with E-state index in [4.69, 9.17) is 0 Å². The Balaban J connectivity index is 1.54. The Hall–Kier alpha value is -3.06. The van der Waals surface area contributed by atoms with E-state index >= 15 is 0 Å². The minimum Gasteiger partial charge on any atom is -0.268 e. The standard InChI is InChI=1S/C22H14F3NO2S/c23-22(24,25)18-9-6-14(7-10-18)12-19-20(27)26(21(28)29-19)13-15-5-8-16-3-1-2-4-17(16)11-15/h1-12H,13H2/b19-12-. The van der Waals surface area contributed by atoms with Gasteiger partial charge in [-0.1, -0.05) is 48.5 Å². The van der Waals surface area contributed by atoms with Crippen LogP contribution in [-0.4, -0.2) is 16.0 Å². The van der Waals surface area contributed by atoms with Crippen LogP contribution in [0.15, 0.2) is 71.6 Å². The molecule has 1 heterocycles. The molecule has 3 aromatic rings. The summed E-state index contributed by atoms with van der Waals surface area (Å²) in [5, 5.41) is 1.67. The first kappa shape index (κ1) is 19.3. The van der Waals surface area contributed by atoms with Gasteiger partial charge in [0.2, 0.25) is 0 Å². The number of hydrogen-bond donors (Lipinski definition) is 0. The highest BCUT2D eigenvalue weighted by Gasteiger charge is 2.35. The molecule has 0 N–H and O–H groups in total. The predicted molar refractivity (Wildman–Crippen MR) is 107 cm³/mol. The second kappa shape index (κ2) is 7.40. The van der Waals surface area contributed by atoms with Gasteiger partial charge in [0.15, 0.2) is 0 Å². The fourth-order valence-electron chi connectivity index (χ4n) is 3.08. The molecule has 0 aromatic heterocycles. The zero-order valence-corrected chi connectivity index (χ0v) is 15.8. The van der Waals surface area contributed by atoms with Crippen molar-refractivity contribution in [1.82, 2.24) is 4.90 Å². The van der Waals surface area contributed by atoms with E-state index < -0.39 is 22.9 Å². The van der Waals surface area contributed by atoms with Crippen LogP contribution in [0, 0.1) is 0 Å². The van der Waals surface area contributed by atoms with Gasteiger partial charge in [-0.25, -0.2) is 0 Å². The molecule has 4 rings (SSSR count).